The van der Waals surface area contributed by atoms with Gasteiger partial charge in [0.25, 0.3) is 0 Å². The minimum absolute atomic E-state index is 0.145. The van der Waals surface area contributed by atoms with Crippen LogP contribution in [0.3, 0.4) is 0 Å². The smallest absolute Gasteiger partial charge is 0.138 e. The summed E-state index contributed by atoms with van der Waals surface area (Å²) in [5, 5.41) is 9.09. The summed E-state index contributed by atoms with van der Waals surface area (Å²) in [5.74, 6) is 5.76. The zero-order valence-electron chi connectivity index (χ0n) is 9.74. The molecule has 0 aromatic heterocycles. The number of benzene rings is 1. The molecule has 92 valence electrons. The Bertz CT molecular complexity index is 425. The molecule has 0 saturated carbocycles. The molecule has 1 unspecified atom stereocenters. The van der Waals surface area contributed by atoms with Gasteiger partial charge in [-0.05, 0) is 17.7 Å². The Kier molecular flexibility index (Phi) is 6.06. The summed E-state index contributed by atoms with van der Waals surface area (Å²) >= 11 is 1.62. The van der Waals surface area contributed by atoms with Crippen molar-refractivity contribution in [1.82, 2.24) is 0 Å². The number of aliphatic hydroxyl groups is 1. The Hall–Kier alpha value is -1.02. The molecule has 1 rings (SSSR count). The molecular weight excluding hydrogens is 237 g/mol. The minimum atomic E-state index is -0.324. The van der Waals surface area contributed by atoms with Crippen molar-refractivity contribution in [2.45, 2.75) is 17.9 Å². The Morgan fingerprint density at radius 3 is 2.94 bits per heavy atom. The second-order valence-electron chi connectivity index (χ2n) is 3.62. The lowest BCUT2D eigenvalue weighted by atomic mass is 10.1. The van der Waals surface area contributed by atoms with Crippen LogP contribution in [0.1, 0.15) is 18.1 Å². The molecule has 0 heterocycles. The van der Waals surface area contributed by atoms with E-state index in [9.17, 15) is 4.39 Å². The molecule has 0 aliphatic heterocycles. The van der Waals surface area contributed by atoms with Crippen molar-refractivity contribution < 1.29 is 9.50 Å². The topological polar surface area (TPSA) is 46.2 Å². The lowest BCUT2D eigenvalue weighted by molar-refractivity contribution is 0.300. The lowest BCUT2D eigenvalue weighted by Gasteiger charge is -2.07. The highest BCUT2D eigenvalue weighted by Gasteiger charge is 2.04. The molecule has 4 heteroatoms. The van der Waals surface area contributed by atoms with E-state index >= 15 is 0 Å². The van der Waals surface area contributed by atoms with Crippen LogP contribution in [0.5, 0.6) is 0 Å². The van der Waals surface area contributed by atoms with E-state index in [4.69, 9.17) is 10.8 Å². The Morgan fingerprint density at radius 2 is 2.29 bits per heavy atom. The second-order valence-corrected chi connectivity index (χ2v) is 5.05. The first kappa shape index (κ1) is 14.0. The normalized spacial score (nSPS) is 11.8. The van der Waals surface area contributed by atoms with Gasteiger partial charge in [0.2, 0.25) is 0 Å². The maximum atomic E-state index is 13.4. The van der Waals surface area contributed by atoms with Crippen molar-refractivity contribution in [2.75, 3.05) is 13.2 Å². The molecule has 1 aromatic carbocycles. The lowest BCUT2D eigenvalue weighted by Crippen LogP contribution is -2.02. The Morgan fingerprint density at radius 1 is 1.53 bits per heavy atom. The van der Waals surface area contributed by atoms with E-state index in [1.54, 1.807) is 23.9 Å². The molecule has 0 fully saturated rings. The van der Waals surface area contributed by atoms with Crippen LogP contribution in [-0.4, -0.2) is 23.5 Å². The van der Waals surface area contributed by atoms with Crippen molar-refractivity contribution in [2.24, 2.45) is 5.73 Å². The van der Waals surface area contributed by atoms with E-state index in [0.717, 1.165) is 11.3 Å². The van der Waals surface area contributed by atoms with Crippen molar-refractivity contribution in [1.29, 1.82) is 0 Å². The summed E-state index contributed by atoms with van der Waals surface area (Å²) in [6.45, 7) is 2.31. The van der Waals surface area contributed by atoms with Gasteiger partial charge in [0.1, 0.15) is 5.82 Å². The fourth-order valence-corrected chi connectivity index (χ4v) is 1.96. The largest absolute Gasteiger partial charge is 0.395 e. The quantitative estimate of drug-likeness (QED) is 0.804. The van der Waals surface area contributed by atoms with Crippen LogP contribution in [0.25, 0.3) is 0 Å². The molecule has 0 spiro atoms. The summed E-state index contributed by atoms with van der Waals surface area (Å²) in [6, 6.07) is 4.88. The van der Waals surface area contributed by atoms with Crippen molar-refractivity contribution in [3.8, 4) is 11.8 Å². The van der Waals surface area contributed by atoms with Crippen LogP contribution in [0, 0.1) is 17.7 Å². The van der Waals surface area contributed by atoms with E-state index in [2.05, 4.69) is 11.8 Å². The van der Waals surface area contributed by atoms with Crippen LogP contribution in [0.2, 0.25) is 0 Å². The van der Waals surface area contributed by atoms with Crippen molar-refractivity contribution >= 4 is 11.8 Å². The van der Waals surface area contributed by atoms with Gasteiger partial charge in [0.15, 0.2) is 0 Å². The summed E-state index contributed by atoms with van der Waals surface area (Å²) in [7, 11) is 0. The standard InChI is InChI=1S/C13H16FNOS/c1-10(8-16)17-9-11-4-5-13(14)12(7-11)3-2-6-15/h4-5,7,10,16H,6,8-9,15H2,1H3. The van der Waals surface area contributed by atoms with Crippen LogP contribution < -0.4 is 5.73 Å². The summed E-state index contributed by atoms with van der Waals surface area (Å²) in [4.78, 5) is 0. The first-order valence-corrected chi connectivity index (χ1v) is 6.42. The summed E-state index contributed by atoms with van der Waals surface area (Å²) in [6.07, 6.45) is 0. The van der Waals surface area contributed by atoms with E-state index in [0.29, 0.717) is 5.56 Å². The molecule has 1 atom stereocenters. The SMILES string of the molecule is CC(CO)SCc1ccc(F)c(C#CCN)c1. The third kappa shape index (κ3) is 4.78. The molecule has 0 saturated heterocycles. The molecule has 3 N–H and O–H groups in total. The van der Waals surface area contributed by atoms with Crippen molar-refractivity contribution in [3.05, 3.63) is 35.1 Å². The first-order valence-electron chi connectivity index (χ1n) is 5.37. The zero-order valence-corrected chi connectivity index (χ0v) is 10.6. The molecular formula is C13H16FNOS. The number of nitrogens with two attached hydrogens (primary N) is 1. The fourth-order valence-electron chi connectivity index (χ4n) is 1.20. The third-order valence-corrected chi connectivity index (χ3v) is 3.37. The molecule has 1 aromatic rings. The molecule has 2 nitrogen and oxygen atoms in total. The number of rotatable bonds is 4. The molecule has 0 bridgehead atoms. The number of aliphatic hydroxyl groups excluding tert-OH is 1. The highest BCUT2D eigenvalue weighted by Crippen LogP contribution is 2.19. The van der Waals surface area contributed by atoms with Crippen LogP contribution in [0.4, 0.5) is 4.39 Å². The van der Waals surface area contributed by atoms with Gasteiger partial charge in [0.05, 0.1) is 18.7 Å². The third-order valence-electron chi connectivity index (χ3n) is 2.15. The molecule has 0 radical (unpaired) electrons. The summed E-state index contributed by atoms with van der Waals surface area (Å²) in [5.41, 5.74) is 6.63. The van der Waals surface area contributed by atoms with Crippen molar-refractivity contribution in [3.63, 3.8) is 0 Å². The predicted octanol–water partition coefficient (Wildman–Crippen LogP) is 1.75. The summed E-state index contributed by atoms with van der Waals surface area (Å²) < 4.78 is 13.4. The molecule has 0 amide bonds. The average molecular weight is 253 g/mol. The van der Waals surface area contributed by atoms with Gasteiger partial charge in [-0.25, -0.2) is 4.39 Å². The number of halogens is 1. The fraction of sp³-hybridized carbons (Fsp3) is 0.385. The second kappa shape index (κ2) is 7.33. The Balaban J connectivity index is 2.74. The van der Waals surface area contributed by atoms with E-state index in [-0.39, 0.29) is 24.2 Å². The van der Waals surface area contributed by atoms with Gasteiger partial charge in [-0.15, -0.1) is 0 Å². The highest BCUT2D eigenvalue weighted by molar-refractivity contribution is 7.99. The maximum absolute atomic E-state index is 13.4. The highest BCUT2D eigenvalue weighted by atomic mass is 32.2. The van der Waals surface area contributed by atoms with Gasteiger partial charge < -0.3 is 10.8 Å². The van der Waals surface area contributed by atoms with Crippen LogP contribution >= 0.6 is 11.8 Å². The van der Waals surface area contributed by atoms with E-state index in [1.165, 1.54) is 6.07 Å². The van der Waals surface area contributed by atoms with Gasteiger partial charge in [-0.3, -0.25) is 0 Å². The minimum Gasteiger partial charge on any atom is -0.395 e. The van der Waals surface area contributed by atoms with E-state index in [1.807, 2.05) is 6.92 Å². The van der Waals surface area contributed by atoms with Crippen LogP contribution in [0.15, 0.2) is 18.2 Å². The monoisotopic (exact) mass is 253 g/mol. The van der Waals surface area contributed by atoms with E-state index < -0.39 is 0 Å². The zero-order chi connectivity index (χ0) is 12.7. The Labute approximate surface area is 105 Å². The van der Waals surface area contributed by atoms with Gasteiger partial charge in [-0.2, -0.15) is 11.8 Å². The van der Waals surface area contributed by atoms with Gasteiger partial charge in [-0.1, -0.05) is 24.8 Å². The molecule has 0 aliphatic rings. The van der Waals surface area contributed by atoms with Crippen LogP contribution in [-0.2, 0) is 5.75 Å². The van der Waals surface area contributed by atoms with Gasteiger partial charge >= 0.3 is 0 Å². The molecule has 0 aliphatic carbocycles. The number of hydrogen-bond donors (Lipinski definition) is 2. The number of hydrogen-bond acceptors (Lipinski definition) is 3. The predicted molar refractivity (Wildman–Crippen MR) is 70.2 cm³/mol. The average Bonchev–Trinajstić information content (AvgIpc) is 2.35. The first-order chi connectivity index (χ1) is 8.17. The maximum Gasteiger partial charge on any atom is 0.138 e. The van der Waals surface area contributed by atoms with Gasteiger partial charge in [0, 0.05) is 11.0 Å². The molecule has 17 heavy (non-hydrogen) atoms. The number of thioether (sulfide) groups is 1.